The summed E-state index contributed by atoms with van der Waals surface area (Å²) in [7, 11) is 3.83. The average molecular weight is 429 g/mol. The maximum atomic E-state index is 13.1. The SMILES string of the molecule is CCOC(=O)C1=C(CN2CCN(C)CC2)N(C)C(=O)N[C@H]1c1ccc(C(C)(C)C)cc1. The number of hydrogen-bond acceptors (Lipinski definition) is 5. The van der Waals surface area contributed by atoms with Crippen LogP contribution in [0.25, 0.3) is 0 Å². The molecule has 0 bridgehead atoms. The summed E-state index contributed by atoms with van der Waals surface area (Å²) in [6.07, 6.45) is 0. The van der Waals surface area contributed by atoms with Crippen molar-refractivity contribution in [3.8, 4) is 0 Å². The molecule has 31 heavy (non-hydrogen) atoms. The molecule has 3 rings (SSSR count). The van der Waals surface area contributed by atoms with Crippen LogP contribution in [0.3, 0.4) is 0 Å². The molecule has 2 heterocycles. The minimum atomic E-state index is -0.528. The number of hydrogen-bond donors (Lipinski definition) is 1. The quantitative estimate of drug-likeness (QED) is 0.731. The number of nitrogens with zero attached hydrogens (tertiary/aromatic N) is 3. The molecule has 7 heteroatoms. The summed E-state index contributed by atoms with van der Waals surface area (Å²) >= 11 is 0. The summed E-state index contributed by atoms with van der Waals surface area (Å²) in [6, 6.07) is 7.42. The van der Waals surface area contributed by atoms with E-state index in [0.717, 1.165) is 37.4 Å². The standard InChI is InChI=1S/C24H36N4O3/c1-7-31-22(29)20-19(16-28-14-12-26(5)13-15-28)27(6)23(30)25-21(20)17-8-10-18(11-9-17)24(2,3)4/h8-11,21H,7,12-16H2,1-6H3,(H,25,30)/t21-/m0/s1. The summed E-state index contributed by atoms with van der Waals surface area (Å²) in [6.45, 7) is 12.9. The van der Waals surface area contributed by atoms with Crippen LogP contribution in [0, 0.1) is 0 Å². The van der Waals surface area contributed by atoms with Gasteiger partial charge in [-0.3, -0.25) is 9.80 Å². The number of piperazine rings is 1. The first-order chi connectivity index (χ1) is 14.6. The van der Waals surface area contributed by atoms with E-state index < -0.39 is 6.04 Å². The number of esters is 1. The second kappa shape index (κ2) is 9.40. The Morgan fingerprint density at radius 1 is 1.10 bits per heavy atom. The third-order valence-electron chi connectivity index (χ3n) is 6.15. The number of amides is 2. The lowest BCUT2D eigenvalue weighted by molar-refractivity contribution is -0.139. The Labute approximate surface area is 186 Å². The topological polar surface area (TPSA) is 65.1 Å². The highest BCUT2D eigenvalue weighted by molar-refractivity contribution is 5.95. The third-order valence-corrected chi connectivity index (χ3v) is 6.15. The fourth-order valence-electron chi connectivity index (χ4n) is 4.04. The van der Waals surface area contributed by atoms with Crippen LogP contribution in [-0.2, 0) is 14.9 Å². The summed E-state index contributed by atoms with van der Waals surface area (Å²) in [5, 5.41) is 3.01. The van der Waals surface area contributed by atoms with Gasteiger partial charge in [-0.2, -0.15) is 0 Å². The minimum absolute atomic E-state index is 0.0287. The first kappa shape index (κ1) is 23.3. The number of nitrogens with one attached hydrogen (secondary N) is 1. The Morgan fingerprint density at radius 2 is 1.71 bits per heavy atom. The van der Waals surface area contributed by atoms with Gasteiger partial charge in [-0.15, -0.1) is 0 Å². The lowest BCUT2D eigenvalue weighted by Gasteiger charge is -2.39. The molecule has 0 unspecified atom stereocenters. The number of likely N-dealkylation sites (N-methyl/N-ethyl adjacent to an activating group) is 2. The van der Waals surface area contributed by atoms with Crippen LogP contribution < -0.4 is 5.32 Å². The van der Waals surface area contributed by atoms with Gasteiger partial charge in [0.25, 0.3) is 0 Å². The molecule has 1 N–H and O–H groups in total. The lowest BCUT2D eigenvalue weighted by atomic mass is 9.85. The summed E-state index contributed by atoms with van der Waals surface area (Å²) in [5.41, 5.74) is 3.35. The van der Waals surface area contributed by atoms with Gasteiger partial charge in [-0.05, 0) is 30.5 Å². The Balaban J connectivity index is 2.00. The largest absolute Gasteiger partial charge is 0.463 e. The van der Waals surface area contributed by atoms with Crippen LogP contribution in [0.5, 0.6) is 0 Å². The van der Waals surface area contributed by atoms with E-state index in [4.69, 9.17) is 4.74 Å². The van der Waals surface area contributed by atoms with Gasteiger partial charge in [0.2, 0.25) is 0 Å². The zero-order valence-corrected chi connectivity index (χ0v) is 19.7. The molecular weight excluding hydrogens is 392 g/mol. The molecule has 1 aromatic rings. The molecule has 0 aromatic heterocycles. The van der Waals surface area contributed by atoms with Crippen molar-refractivity contribution in [3.63, 3.8) is 0 Å². The van der Waals surface area contributed by atoms with Gasteiger partial charge in [-0.1, -0.05) is 45.0 Å². The highest BCUT2D eigenvalue weighted by Crippen LogP contribution is 2.33. The Kier molecular flexibility index (Phi) is 7.06. The second-order valence-electron chi connectivity index (χ2n) is 9.47. The maximum Gasteiger partial charge on any atom is 0.338 e. The summed E-state index contributed by atoms with van der Waals surface area (Å²) in [5.74, 6) is -0.372. The summed E-state index contributed by atoms with van der Waals surface area (Å²) < 4.78 is 5.43. The first-order valence-electron chi connectivity index (χ1n) is 11.1. The Bertz CT molecular complexity index is 833. The molecule has 7 nitrogen and oxygen atoms in total. The van der Waals surface area contributed by atoms with E-state index in [1.54, 1.807) is 18.9 Å². The normalized spacial score (nSPS) is 21.3. The molecule has 0 spiro atoms. The van der Waals surface area contributed by atoms with Crippen LogP contribution in [0.15, 0.2) is 35.5 Å². The van der Waals surface area contributed by atoms with Gasteiger partial charge in [0, 0.05) is 45.5 Å². The molecule has 170 valence electrons. The van der Waals surface area contributed by atoms with Crippen LogP contribution in [0.1, 0.15) is 44.9 Å². The maximum absolute atomic E-state index is 13.1. The van der Waals surface area contributed by atoms with Gasteiger partial charge in [-0.25, -0.2) is 9.59 Å². The van der Waals surface area contributed by atoms with E-state index in [1.165, 1.54) is 5.56 Å². The molecule has 0 saturated carbocycles. The van der Waals surface area contributed by atoms with Crippen molar-refractivity contribution in [1.29, 1.82) is 0 Å². The van der Waals surface area contributed by atoms with Crippen molar-refractivity contribution in [2.45, 2.75) is 39.2 Å². The predicted molar refractivity (Wildman–Crippen MR) is 122 cm³/mol. The molecule has 0 aliphatic carbocycles. The van der Waals surface area contributed by atoms with Crippen molar-refractivity contribution >= 4 is 12.0 Å². The second-order valence-corrected chi connectivity index (χ2v) is 9.47. The van der Waals surface area contributed by atoms with E-state index >= 15 is 0 Å². The number of benzene rings is 1. The number of carbonyl (C=O) groups excluding carboxylic acids is 2. The molecule has 1 atom stereocenters. The van der Waals surface area contributed by atoms with E-state index in [1.807, 2.05) is 12.1 Å². The minimum Gasteiger partial charge on any atom is -0.463 e. The van der Waals surface area contributed by atoms with Crippen LogP contribution in [-0.4, -0.2) is 80.1 Å². The van der Waals surface area contributed by atoms with E-state index in [0.29, 0.717) is 12.1 Å². The molecule has 2 amide bonds. The van der Waals surface area contributed by atoms with E-state index in [9.17, 15) is 9.59 Å². The van der Waals surface area contributed by atoms with Gasteiger partial charge in [0.15, 0.2) is 0 Å². The van der Waals surface area contributed by atoms with E-state index in [2.05, 4.69) is 55.1 Å². The molecular formula is C24H36N4O3. The van der Waals surface area contributed by atoms with Crippen molar-refractivity contribution < 1.29 is 14.3 Å². The molecule has 1 aromatic carbocycles. The van der Waals surface area contributed by atoms with Gasteiger partial charge < -0.3 is 15.0 Å². The Hall–Kier alpha value is -2.38. The van der Waals surface area contributed by atoms with Crippen LogP contribution in [0.4, 0.5) is 4.79 Å². The highest BCUT2D eigenvalue weighted by Gasteiger charge is 2.37. The average Bonchev–Trinajstić information content (AvgIpc) is 2.72. The zero-order valence-electron chi connectivity index (χ0n) is 19.7. The number of carbonyl (C=O) groups is 2. The molecule has 2 aliphatic heterocycles. The van der Waals surface area contributed by atoms with Crippen molar-refractivity contribution in [1.82, 2.24) is 20.0 Å². The van der Waals surface area contributed by atoms with Crippen molar-refractivity contribution in [2.24, 2.45) is 0 Å². The van der Waals surface area contributed by atoms with Gasteiger partial charge in [0.1, 0.15) is 0 Å². The van der Waals surface area contributed by atoms with Crippen LogP contribution >= 0.6 is 0 Å². The monoisotopic (exact) mass is 428 g/mol. The molecule has 1 fully saturated rings. The predicted octanol–water partition coefficient (Wildman–Crippen LogP) is 2.74. The molecule has 1 saturated heterocycles. The van der Waals surface area contributed by atoms with Crippen molar-refractivity contribution in [2.75, 3.05) is 53.4 Å². The first-order valence-corrected chi connectivity index (χ1v) is 11.1. The third kappa shape index (κ3) is 5.28. The number of urea groups is 1. The number of ether oxygens (including phenoxy) is 1. The highest BCUT2D eigenvalue weighted by atomic mass is 16.5. The number of rotatable bonds is 5. The fourth-order valence-corrected chi connectivity index (χ4v) is 4.04. The van der Waals surface area contributed by atoms with Crippen LogP contribution in [0.2, 0.25) is 0 Å². The molecule has 0 radical (unpaired) electrons. The Morgan fingerprint density at radius 3 is 2.26 bits per heavy atom. The zero-order chi connectivity index (χ0) is 22.8. The lowest BCUT2D eigenvalue weighted by Crippen LogP contribution is -2.51. The smallest absolute Gasteiger partial charge is 0.338 e. The van der Waals surface area contributed by atoms with Gasteiger partial charge >= 0.3 is 12.0 Å². The van der Waals surface area contributed by atoms with E-state index in [-0.39, 0.29) is 24.0 Å². The molecule has 2 aliphatic rings. The summed E-state index contributed by atoms with van der Waals surface area (Å²) in [4.78, 5) is 32.1. The fraction of sp³-hybridized carbons (Fsp3) is 0.583. The van der Waals surface area contributed by atoms with Crippen molar-refractivity contribution in [3.05, 3.63) is 46.7 Å². The van der Waals surface area contributed by atoms with Gasteiger partial charge in [0.05, 0.1) is 18.2 Å².